The molecule has 0 aliphatic rings. The van der Waals surface area contributed by atoms with Gasteiger partial charge in [0.1, 0.15) is 0 Å². The zero-order valence-corrected chi connectivity index (χ0v) is 14.0. The Balaban J connectivity index is 2.10. The lowest BCUT2D eigenvalue weighted by molar-refractivity contribution is -0.134. The highest BCUT2D eigenvalue weighted by atomic mass is 16.5. The van der Waals surface area contributed by atoms with Gasteiger partial charge in [-0.3, -0.25) is 4.79 Å². The van der Waals surface area contributed by atoms with Crippen LogP contribution in [0.1, 0.15) is 19.4 Å². The van der Waals surface area contributed by atoms with Gasteiger partial charge in [-0.2, -0.15) is 0 Å². The van der Waals surface area contributed by atoms with Gasteiger partial charge in [-0.15, -0.1) is 5.10 Å². The molecule has 1 aromatic heterocycles. The summed E-state index contributed by atoms with van der Waals surface area (Å²) in [5.41, 5.74) is 0.786. The summed E-state index contributed by atoms with van der Waals surface area (Å²) < 4.78 is 12.5. The van der Waals surface area contributed by atoms with Crippen molar-refractivity contribution in [3.05, 3.63) is 42.1 Å². The van der Waals surface area contributed by atoms with Gasteiger partial charge >= 0.3 is 0 Å². The maximum atomic E-state index is 12.2. The number of nitrogens with zero attached hydrogens (tertiary/aromatic N) is 2. The number of hydrogen-bond donors (Lipinski definition) is 1. The zero-order chi connectivity index (χ0) is 16.9. The average molecular weight is 317 g/mol. The Bertz CT molecular complexity index is 650. The van der Waals surface area contributed by atoms with Gasteiger partial charge in [0, 0.05) is 25.4 Å². The first-order chi connectivity index (χ1) is 10.9. The number of carbonyl (C=O) groups is 1. The molecule has 1 amide bonds. The Morgan fingerprint density at radius 2 is 2.00 bits per heavy atom. The second kappa shape index (κ2) is 7.28. The second-order valence-corrected chi connectivity index (χ2v) is 5.76. The molecule has 0 unspecified atom stereocenters. The molecule has 0 aliphatic heterocycles. The maximum absolute atomic E-state index is 12.2. The van der Waals surface area contributed by atoms with E-state index in [9.17, 15) is 4.79 Å². The number of hydrogen-bond acceptors (Lipinski definition) is 4. The third-order valence-electron chi connectivity index (χ3n) is 3.36. The van der Waals surface area contributed by atoms with E-state index in [1.807, 2.05) is 43.5 Å². The zero-order valence-electron chi connectivity index (χ0n) is 14.0. The number of benzene rings is 1. The van der Waals surface area contributed by atoms with Gasteiger partial charge in [-0.1, -0.05) is 18.2 Å². The molecule has 1 heterocycles. The number of methoxy groups -OCH3 is 1. The molecule has 0 spiro atoms. The molecule has 0 radical (unpaired) electrons. The van der Waals surface area contributed by atoms with Crippen LogP contribution in [0.2, 0.25) is 0 Å². The number of aryl methyl sites for hydroxylation is 1. The first-order valence-electron chi connectivity index (χ1n) is 7.52. The van der Waals surface area contributed by atoms with E-state index in [-0.39, 0.29) is 5.91 Å². The predicted molar refractivity (Wildman–Crippen MR) is 87.9 cm³/mol. The fourth-order valence-corrected chi connectivity index (χ4v) is 2.03. The van der Waals surface area contributed by atoms with Crippen molar-refractivity contribution in [1.29, 1.82) is 0 Å². The van der Waals surface area contributed by atoms with Crippen molar-refractivity contribution in [3.8, 4) is 11.6 Å². The smallest absolute Gasteiger partial charge is 0.263 e. The molecule has 6 heteroatoms. The minimum absolute atomic E-state index is 0.205. The van der Waals surface area contributed by atoms with E-state index in [1.165, 1.54) is 0 Å². The van der Waals surface area contributed by atoms with Gasteiger partial charge in [0.05, 0.1) is 12.3 Å². The topological polar surface area (TPSA) is 65.4 Å². The number of aromatic nitrogens is 2. The van der Waals surface area contributed by atoms with Crippen LogP contribution < -0.4 is 10.1 Å². The summed E-state index contributed by atoms with van der Waals surface area (Å²) in [6.45, 7) is 6.25. The number of amides is 1. The molecule has 0 atom stereocenters. The van der Waals surface area contributed by atoms with Gasteiger partial charge in [0.15, 0.2) is 5.60 Å². The molecule has 23 heavy (non-hydrogen) atoms. The summed E-state index contributed by atoms with van der Waals surface area (Å²) >= 11 is 0. The molecular weight excluding hydrogens is 294 g/mol. The molecule has 0 saturated carbocycles. The van der Waals surface area contributed by atoms with E-state index < -0.39 is 5.60 Å². The SMILES string of the molecule is COCCNC(=O)C(C)(C)Oc1nn(-c2ccccc2)cc1C. The van der Waals surface area contributed by atoms with E-state index in [2.05, 4.69) is 10.4 Å². The van der Waals surface area contributed by atoms with Crippen LogP contribution in [0.4, 0.5) is 0 Å². The summed E-state index contributed by atoms with van der Waals surface area (Å²) in [5, 5.41) is 7.21. The lowest BCUT2D eigenvalue weighted by Gasteiger charge is -2.24. The van der Waals surface area contributed by atoms with Gasteiger partial charge < -0.3 is 14.8 Å². The normalized spacial score (nSPS) is 11.3. The van der Waals surface area contributed by atoms with Crippen LogP contribution in [0, 0.1) is 6.92 Å². The van der Waals surface area contributed by atoms with Crippen molar-refractivity contribution in [2.75, 3.05) is 20.3 Å². The number of carbonyl (C=O) groups excluding carboxylic acids is 1. The fourth-order valence-electron chi connectivity index (χ4n) is 2.03. The van der Waals surface area contributed by atoms with E-state index in [1.54, 1.807) is 25.6 Å². The first kappa shape index (κ1) is 17.0. The third kappa shape index (κ3) is 4.32. The van der Waals surface area contributed by atoms with Crippen molar-refractivity contribution in [2.45, 2.75) is 26.4 Å². The Morgan fingerprint density at radius 1 is 1.30 bits per heavy atom. The number of nitrogens with one attached hydrogen (secondary N) is 1. The van der Waals surface area contributed by atoms with E-state index in [0.29, 0.717) is 19.0 Å². The maximum Gasteiger partial charge on any atom is 0.263 e. The van der Waals surface area contributed by atoms with Crippen LogP contribution >= 0.6 is 0 Å². The van der Waals surface area contributed by atoms with Crippen molar-refractivity contribution >= 4 is 5.91 Å². The lowest BCUT2D eigenvalue weighted by atomic mass is 10.1. The third-order valence-corrected chi connectivity index (χ3v) is 3.36. The molecule has 0 saturated heterocycles. The summed E-state index contributed by atoms with van der Waals surface area (Å²) in [6, 6.07) is 9.75. The van der Waals surface area contributed by atoms with Crippen LogP contribution in [0.25, 0.3) is 5.69 Å². The quantitative estimate of drug-likeness (QED) is 0.794. The molecule has 2 aromatic rings. The molecular formula is C17H23N3O3. The highest BCUT2D eigenvalue weighted by molar-refractivity contribution is 5.84. The number of rotatable bonds is 7. The molecule has 1 aromatic carbocycles. The Kier molecular flexibility index (Phi) is 5.39. The molecule has 6 nitrogen and oxygen atoms in total. The largest absolute Gasteiger partial charge is 0.460 e. The predicted octanol–water partition coefficient (Wildman–Crippen LogP) is 2.10. The van der Waals surface area contributed by atoms with E-state index in [0.717, 1.165) is 11.3 Å². The lowest BCUT2D eigenvalue weighted by Crippen LogP contribution is -2.47. The molecule has 124 valence electrons. The molecule has 0 bridgehead atoms. The Morgan fingerprint density at radius 3 is 2.65 bits per heavy atom. The first-order valence-corrected chi connectivity index (χ1v) is 7.52. The van der Waals surface area contributed by atoms with Crippen molar-refractivity contribution in [3.63, 3.8) is 0 Å². The molecule has 0 fully saturated rings. The minimum atomic E-state index is -1.02. The van der Waals surface area contributed by atoms with Gasteiger partial charge in [0.2, 0.25) is 5.88 Å². The van der Waals surface area contributed by atoms with E-state index >= 15 is 0 Å². The van der Waals surface area contributed by atoms with Crippen LogP contribution in [0.15, 0.2) is 36.5 Å². The van der Waals surface area contributed by atoms with Crippen LogP contribution in [-0.2, 0) is 9.53 Å². The summed E-state index contributed by atoms with van der Waals surface area (Å²) in [7, 11) is 1.59. The van der Waals surface area contributed by atoms with E-state index in [4.69, 9.17) is 9.47 Å². The molecule has 2 rings (SSSR count). The standard InChI is InChI=1S/C17H23N3O3/c1-13-12-20(14-8-6-5-7-9-14)19-15(13)23-17(2,3)16(21)18-10-11-22-4/h5-9,12H,10-11H2,1-4H3,(H,18,21). The van der Waals surface area contributed by atoms with Crippen molar-refractivity contribution in [1.82, 2.24) is 15.1 Å². The Labute approximate surface area is 136 Å². The molecule has 0 aliphatic carbocycles. The van der Waals surface area contributed by atoms with Crippen LogP contribution in [-0.4, -0.2) is 41.6 Å². The molecule has 1 N–H and O–H groups in total. The monoisotopic (exact) mass is 317 g/mol. The summed E-state index contributed by atoms with van der Waals surface area (Å²) in [5.74, 6) is 0.240. The van der Waals surface area contributed by atoms with Crippen molar-refractivity contribution in [2.24, 2.45) is 0 Å². The fraction of sp³-hybridized carbons (Fsp3) is 0.412. The highest BCUT2D eigenvalue weighted by Gasteiger charge is 2.31. The van der Waals surface area contributed by atoms with Crippen molar-refractivity contribution < 1.29 is 14.3 Å². The number of ether oxygens (including phenoxy) is 2. The van der Waals surface area contributed by atoms with Gasteiger partial charge in [-0.25, -0.2) is 4.68 Å². The van der Waals surface area contributed by atoms with Gasteiger partial charge in [-0.05, 0) is 32.9 Å². The minimum Gasteiger partial charge on any atom is -0.460 e. The number of para-hydroxylation sites is 1. The van der Waals surface area contributed by atoms with Gasteiger partial charge in [0.25, 0.3) is 5.91 Å². The summed E-state index contributed by atoms with van der Waals surface area (Å²) in [4.78, 5) is 12.2. The van der Waals surface area contributed by atoms with Crippen LogP contribution in [0.5, 0.6) is 5.88 Å². The Hall–Kier alpha value is -2.34. The average Bonchev–Trinajstić information content (AvgIpc) is 2.88. The van der Waals surface area contributed by atoms with Crippen LogP contribution in [0.3, 0.4) is 0 Å². The highest BCUT2D eigenvalue weighted by Crippen LogP contribution is 2.22. The summed E-state index contributed by atoms with van der Waals surface area (Å²) in [6.07, 6.45) is 1.88. The second-order valence-electron chi connectivity index (χ2n) is 5.76.